The van der Waals surface area contributed by atoms with Gasteiger partial charge in [-0.25, -0.2) is 4.79 Å². The molecule has 0 bridgehead atoms. The van der Waals surface area contributed by atoms with E-state index in [1.807, 2.05) is 58.0 Å². The molecule has 26 heavy (non-hydrogen) atoms. The second-order valence-electron chi connectivity index (χ2n) is 6.74. The van der Waals surface area contributed by atoms with E-state index in [1.54, 1.807) is 6.20 Å². The summed E-state index contributed by atoms with van der Waals surface area (Å²) in [6.45, 7) is 7.51. The SMILES string of the molecule is CC(C)(C)OC(=O)n1ncc2cc(I)ccc21.Cc1cc(I)ccc1N. The van der Waals surface area contributed by atoms with Gasteiger partial charge in [-0.1, -0.05) is 0 Å². The van der Waals surface area contributed by atoms with Gasteiger partial charge in [-0.2, -0.15) is 9.78 Å². The van der Waals surface area contributed by atoms with Crippen molar-refractivity contribution < 1.29 is 9.53 Å². The monoisotopic (exact) mass is 577 g/mol. The topological polar surface area (TPSA) is 70.1 Å². The number of ether oxygens (including phenoxy) is 1. The Hall–Kier alpha value is -1.36. The molecule has 0 radical (unpaired) electrons. The van der Waals surface area contributed by atoms with Gasteiger partial charge in [-0.3, -0.25) is 0 Å². The highest BCUT2D eigenvalue weighted by Crippen LogP contribution is 2.18. The third kappa shape index (κ3) is 5.83. The third-order valence-electron chi connectivity index (χ3n) is 3.33. The van der Waals surface area contributed by atoms with Gasteiger partial charge >= 0.3 is 6.09 Å². The van der Waals surface area contributed by atoms with Crippen molar-refractivity contribution in [3.05, 3.63) is 55.3 Å². The summed E-state index contributed by atoms with van der Waals surface area (Å²) in [5.74, 6) is 0. The number of aryl methyl sites for hydroxylation is 1. The van der Waals surface area contributed by atoms with Crippen LogP contribution in [0.5, 0.6) is 0 Å². The molecule has 0 aliphatic rings. The molecule has 2 N–H and O–H groups in total. The van der Waals surface area contributed by atoms with Crippen LogP contribution in [0.2, 0.25) is 0 Å². The van der Waals surface area contributed by atoms with Crippen molar-refractivity contribution in [3.8, 4) is 0 Å². The lowest BCUT2D eigenvalue weighted by atomic mass is 10.2. The molecule has 1 aromatic heterocycles. The number of carbonyl (C=O) groups is 1. The Morgan fingerprint density at radius 1 is 1.12 bits per heavy atom. The Kier molecular flexibility index (Phi) is 6.89. The van der Waals surface area contributed by atoms with Gasteiger partial charge in [0, 0.05) is 18.2 Å². The second-order valence-corrected chi connectivity index (χ2v) is 9.23. The first kappa shape index (κ1) is 20.9. The lowest BCUT2D eigenvalue weighted by Crippen LogP contribution is -2.27. The predicted octanol–water partition coefficient (Wildman–Crippen LogP) is 5.61. The molecule has 1 heterocycles. The average Bonchev–Trinajstić information content (AvgIpc) is 2.93. The first-order valence-electron chi connectivity index (χ1n) is 7.95. The highest BCUT2D eigenvalue weighted by molar-refractivity contribution is 14.1. The first-order chi connectivity index (χ1) is 12.1. The van der Waals surface area contributed by atoms with E-state index in [4.69, 9.17) is 10.5 Å². The smallest absolute Gasteiger partial charge is 0.435 e. The Morgan fingerprint density at radius 3 is 2.31 bits per heavy atom. The molecule has 0 fully saturated rings. The minimum absolute atomic E-state index is 0.450. The fourth-order valence-electron chi connectivity index (χ4n) is 2.09. The van der Waals surface area contributed by atoms with E-state index in [-0.39, 0.29) is 0 Å². The average molecular weight is 577 g/mol. The quantitative estimate of drug-likeness (QED) is 0.279. The van der Waals surface area contributed by atoms with E-state index in [0.717, 1.165) is 25.7 Å². The molecule has 0 spiro atoms. The molecule has 0 atom stereocenters. The number of benzene rings is 2. The molecule has 2 aromatic carbocycles. The summed E-state index contributed by atoms with van der Waals surface area (Å²) in [6, 6.07) is 11.8. The fraction of sp³-hybridized carbons (Fsp3) is 0.263. The van der Waals surface area contributed by atoms with Gasteiger partial charge in [-0.05, 0) is 115 Å². The van der Waals surface area contributed by atoms with E-state index < -0.39 is 11.7 Å². The molecule has 3 aromatic rings. The summed E-state index contributed by atoms with van der Waals surface area (Å²) in [5.41, 5.74) is 7.86. The zero-order chi connectivity index (χ0) is 19.5. The molecule has 0 aliphatic heterocycles. The molecule has 3 rings (SSSR count). The molecule has 5 nitrogen and oxygen atoms in total. The molecule has 0 amide bonds. The van der Waals surface area contributed by atoms with E-state index in [2.05, 4.69) is 56.3 Å². The van der Waals surface area contributed by atoms with Crippen molar-refractivity contribution >= 4 is 67.9 Å². The summed E-state index contributed by atoms with van der Waals surface area (Å²) < 4.78 is 8.91. The van der Waals surface area contributed by atoms with Gasteiger partial charge in [0.15, 0.2) is 0 Å². The highest BCUT2D eigenvalue weighted by atomic mass is 127. The summed E-state index contributed by atoms with van der Waals surface area (Å²) in [7, 11) is 0. The number of nitrogens with zero attached hydrogens (tertiary/aromatic N) is 2. The van der Waals surface area contributed by atoms with Gasteiger partial charge in [0.2, 0.25) is 0 Å². The van der Waals surface area contributed by atoms with E-state index in [1.165, 1.54) is 8.25 Å². The van der Waals surface area contributed by atoms with Gasteiger partial charge < -0.3 is 10.5 Å². The predicted molar refractivity (Wildman–Crippen MR) is 122 cm³/mol. The third-order valence-corrected chi connectivity index (χ3v) is 4.67. The van der Waals surface area contributed by atoms with Crippen molar-refractivity contribution in [1.29, 1.82) is 0 Å². The van der Waals surface area contributed by atoms with E-state index in [0.29, 0.717) is 0 Å². The van der Waals surface area contributed by atoms with Crippen molar-refractivity contribution in [3.63, 3.8) is 0 Å². The zero-order valence-corrected chi connectivity index (χ0v) is 19.4. The van der Waals surface area contributed by atoms with Crippen LogP contribution in [0.1, 0.15) is 26.3 Å². The van der Waals surface area contributed by atoms with Crippen LogP contribution >= 0.6 is 45.2 Å². The van der Waals surface area contributed by atoms with Crippen LogP contribution in [-0.2, 0) is 4.74 Å². The van der Waals surface area contributed by atoms with Gasteiger partial charge in [0.05, 0.1) is 11.7 Å². The van der Waals surface area contributed by atoms with Crippen molar-refractivity contribution in [2.75, 3.05) is 5.73 Å². The number of halogens is 2. The molecule has 0 aliphatic carbocycles. The van der Waals surface area contributed by atoms with Gasteiger partial charge in [0.25, 0.3) is 0 Å². The van der Waals surface area contributed by atoms with Crippen molar-refractivity contribution in [1.82, 2.24) is 9.78 Å². The Morgan fingerprint density at radius 2 is 1.73 bits per heavy atom. The molecular weight excluding hydrogens is 556 g/mol. The Labute approximate surface area is 180 Å². The molecule has 138 valence electrons. The molecule has 0 unspecified atom stereocenters. The number of rotatable bonds is 0. The molecule has 7 heteroatoms. The van der Waals surface area contributed by atoms with Crippen LogP contribution in [0.3, 0.4) is 0 Å². The van der Waals surface area contributed by atoms with Crippen LogP contribution < -0.4 is 5.73 Å². The minimum atomic E-state index is -0.515. The van der Waals surface area contributed by atoms with Gasteiger partial charge in [-0.15, -0.1) is 0 Å². The minimum Gasteiger partial charge on any atom is -0.442 e. The number of aromatic nitrogens is 2. The van der Waals surface area contributed by atoms with Crippen molar-refractivity contribution in [2.45, 2.75) is 33.3 Å². The normalized spacial score (nSPS) is 11.0. The van der Waals surface area contributed by atoms with Crippen molar-refractivity contribution in [2.24, 2.45) is 0 Å². The maximum atomic E-state index is 11.9. The number of hydrogen-bond acceptors (Lipinski definition) is 4. The summed E-state index contributed by atoms with van der Waals surface area (Å²) in [6.07, 6.45) is 1.22. The fourth-order valence-corrected chi connectivity index (χ4v) is 3.26. The number of fused-ring (bicyclic) bond motifs is 1. The standard InChI is InChI=1S/C12H13IN2O2.C7H8IN/c1-12(2,3)17-11(16)15-10-5-4-9(13)6-8(10)7-14-15;1-5-4-6(8)2-3-7(5)9/h4-7H,1-3H3;2-4H,9H2,1H3. The first-order valence-corrected chi connectivity index (χ1v) is 10.1. The lowest BCUT2D eigenvalue weighted by Gasteiger charge is -2.19. The molecular formula is C19H21I2N3O2. The Balaban J connectivity index is 0.000000228. The number of anilines is 1. The maximum absolute atomic E-state index is 11.9. The number of nitrogen functional groups attached to an aromatic ring is 1. The second kappa shape index (κ2) is 8.55. The van der Waals surface area contributed by atoms with Crippen LogP contribution in [0.15, 0.2) is 42.6 Å². The summed E-state index contributed by atoms with van der Waals surface area (Å²) in [4.78, 5) is 11.9. The molecule has 0 saturated heterocycles. The number of carbonyl (C=O) groups excluding carboxylic acids is 1. The van der Waals surface area contributed by atoms with Crippen LogP contribution in [-0.4, -0.2) is 21.5 Å². The van der Waals surface area contributed by atoms with Crippen LogP contribution in [0.25, 0.3) is 10.9 Å². The lowest BCUT2D eigenvalue weighted by molar-refractivity contribution is 0.0523. The maximum Gasteiger partial charge on any atom is 0.435 e. The largest absolute Gasteiger partial charge is 0.442 e. The summed E-state index contributed by atoms with van der Waals surface area (Å²) in [5, 5.41) is 4.99. The molecule has 0 saturated carbocycles. The van der Waals surface area contributed by atoms with E-state index >= 15 is 0 Å². The van der Waals surface area contributed by atoms with Gasteiger partial charge in [0.1, 0.15) is 5.60 Å². The zero-order valence-electron chi connectivity index (χ0n) is 15.1. The van der Waals surface area contributed by atoms with Crippen LogP contribution in [0.4, 0.5) is 10.5 Å². The Bertz CT molecular complexity index is 930. The van der Waals surface area contributed by atoms with Crippen LogP contribution in [0, 0.1) is 14.1 Å². The highest BCUT2D eigenvalue weighted by Gasteiger charge is 2.19. The van der Waals surface area contributed by atoms with E-state index in [9.17, 15) is 4.79 Å². The summed E-state index contributed by atoms with van der Waals surface area (Å²) >= 11 is 4.49. The number of nitrogens with two attached hydrogens (primary N) is 1. The number of hydrogen-bond donors (Lipinski definition) is 1.